The van der Waals surface area contributed by atoms with E-state index in [2.05, 4.69) is 15.4 Å². The Bertz CT molecular complexity index is 439. The smallest absolute Gasteiger partial charge is 0.248 e. The summed E-state index contributed by atoms with van der Waals surface area (Å²) in [6.45, 7) is 6.16. The lowest BCUT2D eigenvalue weighted by Crippen LogP contribution is -2.43. The van der Waals surface area contributed by atoms with Crippen molar-refractivity contribution >= 4 is 0 Å². The second-order valence-corrected chi connectivity index (χ2v) is 6.41. The van der Waals surface area contributed by atoms with Gasteiger partial charge in [0.2, 0.25) is 5.92 Å². The Kier molecular flexibility index (Phi) is 3.36. The molecule has 1 aliphatic carbocycles. The van der Waals surface area contributed by atoms with Crippen molar-refractivity contribution in [2.45, 2.75) is 63.3 Å². The van der Waals surface area contributed by atoms with Crippen LogP contribution in [0.4, 0.5) is 8.78 Å². The Balaban J connectivity index is 2.26. The van der Waals surface area contributed by atoms with Crippen LogP contribution < -0.4 is 5.73 Å². The lowest BCUT2D eigenvalue weighted by molar-refractivity contribution is -0.0520. The molecular weight excluding hydrogens is 252 g/mol. The molecule has 0 atom stereocenters. The van der Waals surface area contributed by atoms with Gasteiger partial charge in [-0.3, -0.25) is 0 Å². The first-order chi connectivity index (χ1) is 8.69. The Morgan fingerprint density at radius 1 is 1.21 bits per heavy atom. The van der Waals surface area contributed by atoms with Crippen LogP contribution in [0.2, 0.25) is 0 Å². The summed E-state index contributed by atoms with van der Waals surface area (Å²) in [5.74, 6) is -2.08. The zero-order valence-corrected chi connectivity index (χ0v) is 11.7. The second kappa shape index (κ2) is 4.47. The Hall–Kier alpha value is -1.11. The average molecular weight is 273 g/mol. The molecule has 19 heavy (non-hydrogen) atoms. The van der Waals surface area contributed by atoms with Gasteiger partial charge in [-0.25, -0.2) is 8.78 Å². The highest BCUT2D eigenvalue weighted by molar-refractivity contribution is 5.09. The zero-order valence-electron chi connectivity index (χ0n) is 11.7. The highest BCUT2D eigenvalue weighted by atomic mass is 19.3. The van der Waals surface area contributed by atoms with Gasteiger partial charge in [-0.15, -0.1) is 10.2 Å². The summed E-state index contributed by atoms with van der Waals surface area (Å²) in [5, 5.41) is 12.4. The third-order valence-corrected chi connectivity index (χ3v) is 3.82. The van der Waals surface area contributed by atoms with E-state index in [-0.39, 0.29) is 24.9 Å². The van der Waals surface area contributed by atoms with Gasteiger partial charge in [-0.1, -0.05) is 0 Å². The van der Waals surface area contributed by atoms with Gasteiger partial charge < -0.3 is 5.73 Å². The minimum atomic E-state index is -2.58. The predicted molar refractivity (Wildman–Crippen MR) is 67.0 cm³/mol. The minimum absolute atomic E-state index is 0.158. The molecule has 108 valence electrons. The molecule has 2 N–H and O–H groups in total. The Morgan fingerprint density at radius 2 is 1.79 bits per heavy atom. The SMILES string of the molecule is CC(C)(C)n1nnc(C2(CN)CCC(F)(F)CC2)n1. The normalized spacial score (nSPS) is 22.4. The van der Waals surface area contributed by atoms with Crippen molar-refractivity contribution in [3.05, 3.63) is 5.82 Å². The van der Waals surface area contributed by atoms with E-state index >= 15 is 0 Å². The van der Waals surface area contributed by atoms with Crippen LogP contribution in [0.25, 0.3) is 0 Å². The fraction of sp³-hybridized carbons (Fsp3) is 0.917. The molecule has 0 amide bonds. The molecule has 5 nitrogen and oxygen atoms in total. The van der Waals surface area contributed by atoms with Gasteiger partial charge >= 0.3 is 0 Å². The van der Waals surface area contributed by atoms with Crippen molar-refractivity contribution in [3.63, 3.8) is 0 Å². The molecule has 0 saturated heterocycles. The Morgan fingerprint density at radius 3 is 2.21 bits per heavy atom. The molecule has 1 aromatic heterocycles. The number of tetrazole rings is 1. The highest BCUT2D eigenvalue weighted by Crippen LogP contribution is 2.43. The maximum absolute atomic E-state index is 13.3. The van der Waals surface area contributed by atoms with Crippen LogP contribution in [-0.4, -0.2) is 32.7 Å². The van der Waals surface area contributed by atoms with Crippen LogP contribution in [0.15, 0.2) is 0 Å². The van der Waals surface area contributed by atoms with Gasteiger partial charge in [0.15, 0.2) is 5.82 Å². The summed E-state index contributed by atoms with van der Waals surface area (Å²) >= 11 is 0. The van der Waals surface area contributed by atoms with Crippen LogP contribution in [0.3, 0.4) is 0 Å². The molecule has 7 heteroatoms. The van der Waals surface area contributed by atoms with Gasteiger partial charge in [0.05, 0.1) is 5.54 Å². The number of halogens is 2. The molecule has 0 radical (unpaired) electrons. The number of hydrogen-bond donors (Lipinski definition) is 1. The van der Waals surface area contributed by atoms with Crippen molar-refractivity contribution in [3.8, 4) is 0 Å². The molecule has 0 unspecified atom stereocenters. The van der Waals surface area contributed by atoms with Crippen molar-refractivity contribution in [1.82, 2.24) is 20.2 Å². The summed E-state index contributed by atoms with van der Waals surface area (Å²) in [7, 11) is 0. The van der Waals surface area contributed by atoms with Gasteiger partial charge in [-0.05, 0) is 38.8 Å². The first kappa shape index (κ1) is 14.3. The van der Waals surface area contributed by atoms with Crippen molar-refractivity contribution < 1.29 is 8.78 Å². The van der Waals surface area contributed by atoms with E-state index < -0.39 is 11.3 Å². The van der Waals surface area contributed by atoms with Crippen molar-refractivity contribution in [2.24, 2.45) is 5.73 Å². The number of alkyl halides is 2. The molecular formula is C12H21F2N5. The van der Waals surface area contributed by atoms with Crippen LogP contribution in [0.1, 0.15) is 52.3 Å². The minimum Gasteiger partial charge on any atom is -0.329 e. The van der Waals surface area contributed by atoms with Gasteiger partial charge in [0.1, 0.15) is 0 Å². The molecule has 0 bridgehead atoms. The van der Waals surface area contributed by atoms with E-state index in [0.717, 1.165) is 0 Å². The molecule has 1 aliphatic rings. The van der Waals surface area contributed by atoms with Gasteiger partial charge in [-0.2, -0.15) is 4.80 Å². The molecule has 1 saturated carbocycles. The molecule has 1 heterocycles. The molecule has 0 spiro atoms. The lowest BCUT2D eigenvalue weighted by Gasteiger charge is -2.36. The number of aromatic nitrogens is 4. The predicted octanol–water partition coefficient (Wildman–Crippen LogP) is 1.83. The molecule has 0 aliphatic heterocycles. The first-order valence-corrected chi connectivity index (χ1v) is 6.57. The van der Waals surface area contributed by atoms with Crippen LogP contribution in [0.5, 0.6) is 0 Å². The topological polar surface area (TPSA) is 69.6 Å². The van der Waals surface area contributed by atoms with Crippen LogP contribution >= 0.6 is 0 Å². The lowest BCUT2D eigenvalue weighted by atomic mass is 9.72. The quantitative estimate of drug-likeness (QED) is 0.892. The van der Waals surface area contributed by atoms with Gasteiger partial charge in [0, 0.05) is 24.8 Å². The van der Waals surface area contributed by atoms with E-state index in [1.165, 1.54) is 4.80 Å². The third kappa shape index (κ3) is 2.75. The first-order valence-electron chi connectivity index (χ1n) is 6.57. The number of nitrogens with zero attached hydrogens (tertiary/aromatic N) is 4. The summed E-state index contributed by atoms with van der Waals surface area (Å²) in [6, 6.07) is 0. The van der Waals surface area contributed by atoms with Crippen LogP contribution in [-0.2, 0) is 11.0 Å². The summed E-state index contributed by atoms with van der Waals surface area (Å²) in [6.07, 6.45) is 0.307. The average Bonchev–Trinajstić information content (AvgIpc) is 2.79. The zero-order chi connectivity index (χ0) is 14.3. The number of nitrogens with two attached hydrogens (primary N) is 1. The highest BCUT2D eigenvalue weighted by Gasteiger charge is 2.46. The summed E-state index contributed by atoms with van der Waals surface area (Å²) < 4.78 is 26.6. The molecule has 2 rings (SSSR count). The van der Waals surface area contributed by atoms with E-state index in [4.69, 9.17) is 5.73 Å². The fourth-order valence-electron chi connectivity index (χ4n) is 2.32. The van der Waals surface area contributed by atoms with Gasteiger partial charge in [0.25, 0.3) is 0 Å². The molecule has 0 aromatic carbocycles. The number of rotatable bonds is 2. The van der Waals surface area contributed by atoms with E-state index in [1.54, 1.807) is 0 Å². The fourth-order valence-corrected chi connectivity index (χ4v) is 2.32. The maximum Gasteiger partial charge on any atom is 0.248 e. The van der Waals surface area contributed by atoms with E-state index in [0.29, 0.717) is 18.7 Å². The maximum atomic E-state index is 13.3. The Labute approximate surface area is 111 Å². The van der Waals surface area contributed by atoms with E-state index in [1.807, 2.05) is 20.8 Å². The largest absolute Gasteiger partial charge is 0.329 e. The number of hydrogen-bond acceptors (Lipinski definition) is 4. The third-order valence-electron chi connectivity index (χ3n) is 3.82. The summed E-state index contributed by atoms with van der Waals surface area (Å²) in [5.41, 5.74) is 4.99. The van der Waals surface area contributed by atoms with Crippen molar-refractivity contribution in [2.75, 3.05) is 6.54 Å². The summed E-state index contributed by atoms with van der Waals surface area (Å²) in [4.78, 5) is 1.52. The van der Waals surface area contributed by atoms with Crippen LogP contribution in [0, 0.1) is 0 Å². The molecule has 1 fully saturated rings. The second-order valence-electron chi connectivity index (χ2n) is 6.41. The monoisotopic (exact) mass is 273 g/mol. The van der Waals surface area contributed by atoms with Crippen molar-refractivity contribution in [1.29, 1.82) is 0 Å². The standard InChI is InChI=1S/C12H21F2N5/c1-10(2,3)19-17-9(16-18-19)11(8-15)4-6-12(13,14)7-5-11/h4-8,15H2,1-3H3. The molecule has 1 aromatic rings. The van der Waals surface area contributed by atoms with E-state index in [9.17, 15) is 8.78 Å².